The second-order valence-corrected chi connectivity index (χ2v) is 5.43. The van der Waals surface area contributed by atoms with Crippen molar-refractivity contribution in [1.82, 2.24) is 0 Å². The van der Waals surface area contributed by atoms with E-state index in [1.807, 2.05) is 42.5 Å². The van der Waals surface area contributed by atoms with Gasteiger partial charge in [0.15, 0.2) is 0 Å². The molecule has 0 spiro atoms. The molecule has 0 saturated carbocycles. The Morgan fingerprint density at radius 1 is 1.25 bits per heavy atom. The van der Waals surface area contributed by atoms with Gasteiger partial charge in [0.1, 0.15) is 12.4 Å². The first kappa shape index (κ1) is 14.5. The lowest BCUT2D eigenvalue weighted by molar-refractivity contribution is 0.108. The van der Waals surface area contributed by atoms with Gasteiger partial charge in [-0.2, -0.15) is 0 Å². The number of thioether (sulfide) groups is 1. The van der Waals surface area contributed by atoms with Gasteiger partial charge < -0.3 is 9.15 Å². The SMILES string of the molecule is [N-]=[N+]=NCC(COCc1ccco1)Sc1ccccc1. The van der Waals surface area contributed by atoms with Crippen molar-refractivity contribution >= 4 is 11.8 Å². The van der Waals surface area contributed by atoms with Gasteiger partial charge in [0.05, 0.1) is 12.9 Å². The Morgan fingerprint density at radius 3 is 2.80 bits per heavy atom. The van der Waals surface area contributed by atoms with Crippen LogP contribution in [0.3, 0.4) is 0 Å². The summed E-state index contributed by atoms with van der Waals surface area (Å²) in [6, 6.07) is 13.7. The van der Waals surface area contributed by atoms with Crippen LogP contribution in [-0.4, -0.2) is 18.4 Å². The molecule has 104 valence electrons. The lowest BCUT2D eigenvalue weighted by Crippen LogP contribution is -2.15. The van der Waals surface area contributed by atoms with Crippen LogP contribution in [0.15, 0.2) is 63.2 Å². The predicted octanol–water partition coefficient (Wildman–Crippen LogP) is 4.27. The second-order valence-electron chi connectivity index (χ2n) is 4.06. The average Bonchev–Trinajstić information content (AvgIpc) is 2.99. The minimum Gasteiger partial charge on any atom is -0.467 e. The number of benzene rings is 1. The van der Waals surface area contributed by atoms with Crippen LogP contribution in [-0.2, 0) is 11.3 Å². The highest BCUT2D eigenvalue weighted by molar-refractivity contribution is 8.00. The van der Waals surface area contributed by atoms with Crippen molar-refractivity contribution in [1.29, 1.82) is 0 Å². The van der Waals surface area contributed by atoms with E-state index in [4.69, 9.17) is 14.7 Å². The topological polar surface area (TPSA) is 71.1 Å². The van der Waals surface area contributed by atoms with E-state index >= 15 is 0 Å². The van der Waals surface area contributed by atoms with Gasteiger partial charge >= 0.3 is 0 Å². The molecule has 0 aliphatic heterocycles. The largest absolute Gasteiger partial charge is 0.467 e. The third kappa shape index (κ3) is 5.01. The molecule has 0 aliphatic rings. The van der Waals surface area contributed by atoms with Gasteiger partial charge in [-0.1, -0.05) is 23.3 Å². The molecule has 1 unspecified atom stereocenters. The summed E-state index contributed by atoms with van der Waals surface area (Å²) >= 11 is 1.65. The zero-order valence-corrected chi connectivity index (χ0v) is 11.7. The molecular formula is C14H15N3O2S. The van der Waals surface area contributed by atoms with Crippen LogP contribution in [0.1, 0.15) is 5.76 Å². The van der Waals surface area contributed by atoms with Crippen molar-refractivity contribution in [3.63, 3.8) is 0 Å². The Labute approximate surface area is 121 Å². The summed E-state index contributed by atoms with van der Waals surface area (Å²) in [7, 11) is 0. The summed E-state index contributed by atoms with van der Waals surface area (Å²) in [5.74, 6) is 0.789. The van der Waals surface area contributed by atoms with Gasteiger partial charge in [-0.3, -0.25) is 0 Å². The molecule has 0 radical (unpaired) electrons. The number of azide groups is 1. The molecule has 6 heteroatoms. The van der Waals surface area contributed by atoms with E-state index in [0.29, 0.717) is 19.8 Å². The summed E-state index contributed by atoms with van der Waals surface area (Å²) in [6.07, 6.45) is 1.62. The minimum absolute atomic E-state index is 0.0864. The fraction of sp³-hybridized carbons (Fsp3) is 0.286. The average molecular weight is 289 g/mol. The van der Waals surface area contributed by atoms with Gasteiger partial charge in [0.25, 0.3) is 0 Å². The molecule has 0 aliphatic carbocycles. The summed E-state index contributed by atoms with van der Waals surface area (Å²) < 4.78 is 10.8. The van der Waals surface area contributed by atoms with E-state index in [2.05, 4.69) is 10.0 Å². The van der Waals surface area contributed by atoms with E-state index in [1.165, 1.54) is 0 Å². The number of rotatable bonds is 8. The molecule has 0 amide bonds. The smallest absolute Gasteiger partial charge is 0.129 e. The van der Waals surface area contributed by atoms with Gasteiger partial charge in [0.2, 0.25) is 0 Å². The molecule has 20 heavy (non-hydrogen) atoms. The highest BCUT2D eigenvalue weighted by Gasteiger charge is 2.10. The van der Waals surface area contributed by atoms with Crippen LogP contribution < -0.4 is 0 Å². The van der Waals surface area contributed by atoms with Crippen molar-refractivity contribution < 1.29 is 9.15 Å². The second kappa shape index (κ2) is 8.32. The van der Waals surface area contributed by atoms with Gasteiger partial charge in [-0.25, -0.2) is 0 Å². The first-order valence-electron chi connectivity index (χ1n) is 6.21. The predicted molar refractivity (Wildman–Crippen MR) is 78.5 cm³/mol. The first-order valence-corrected chi connectivity index (χ1v) is 7.09. The van der Waals surface area contributed by atoms with Crippen molar-refractivity contribution in [3.05, 3.63) is 64.9 Å². The van der Waals surface area contributed by atoms with Crippen LogP contribution in [0.2, 0.25) is 0 Å². The molecule has 0 saturated heterocycles. The zero-order valence-electron chi connectivity index (χ0n) is 10.9. The normalized spacial score (nSPS) is 11.8. The van der Waals surface area contributed by atoms with Gasteiger partial charge in [-0.05, 0) is 29.8 Å². The number of furan rings is 1. The minimum atomic E-state index is 0.0864. The molecule has 0 N–H and O–H groups in total. The lowest BCUT2D eigenvalue weighted by Gasteiger charge is -2.14. The fourth-order valence-electron chi connectivity index (χ4n) is 1.63. The molecular weight excluding hydrogens is 274 g/mol. The fourth-order valence-corrected chi connectivity index (χ4v) is 2.63. The number of hydrogen-bond donors (Lipinski definition) is 0. The lowest BCUT2D eigenvalue weighted by atomic mass is 10.4. The monoisotopic (exact) mass is 289 g/mol. The molecule has 1 atom stereocenters. The molecule has 0 bridgehead atoms. The molecule has 1 heterocycles. The van der Waals surface area contributed by atoms with Crippen LogP contribution in [0.4, 0.5) is 0 Å². The van der Waals surface area contributed by atoms with Crippen LogP contribution in [0.25, 0.3) is 10.4 Å². The van der Waals surface area contributed by atoms with Crippen LogP contribution in [0, 0.1) is 0 Å². The summed E-state index contributed by atoms with van der Waals surface area (Å²) in [4.78, 5) is 3.94. The standard InChI is InChI=1S/C14H15N3O2S/c15-17-16-9-14(20-13-6-2-1-3-7-13)11-18-10-12-5-4-8-19-12/h1-8,14H,9-11H2. The first-order chi connectivity index (χ1) is 9.88. The van der Waals surface area contributed by atoms with Crippen LogP contribution in [0.5, 0.6) is 0 Å². The maximum absolute atomic E-state index is 8.45. The Morgan fingerprint density at radius 2 is 2.10 bits per heavy atom. The molecule has 1 aromatic carbocycles. The summed E-state index contributed by atoms with van der Waals surface area (Å²) in [5, 5.41) is 3.73. The highest BCUT2D eigenvalue weighted by atomic mass is 32.2. The maximum Gasteiger partial charge on any atom is 0.129 e. The Kier molecular flexibility index (Phi) is 6.05. The Bertz CT molecular complexity index is 539. The van der Waals surface area contributed by atoms with Crippen molar-refractivity contribution in [3.8, 4) is 0 Å². The molecule has 2 rings (SSSR count). The van der Waals surface area contributed by atoms with E-state index in [1.54, 1.807) is 18.0 Å². The molecule has 0 fully saturated rings. The van der Waals surface area contributed by atoms with E-state index in [9.17, 15) is 0 Å². The highest BCUT2D eigenvalue weighted by Crippen LogP contribution is 2.23. The Balaban J connectivity index is 1.84. The Hall–Kier alpha value is -1.88. The number of nitrogens with zero attached hydrogens (tertiary/aromatic N) is 3. The molecule has 1 aromatic heterocycles. The van der Waals surface area contributed by atoms with Crippen molar-refractivity contribution in [2.24, 2.45) is 5.11 Å². The maximum atomic E-state index is 8.45. The van der Waals surface area contributed by atoms with E-state index < -0.39 is 0 Å². The van der Waals surface area contributed by atoms with Crippen molar-refractivity contribution in [2.75, 3.05) is 13.2 Å². The third-order valence-electron chi connectivity index (χ3n) is 2.52. The third-order valence-corrected chi connectivity index (χ3v) is 3.69. The van der Waals surface area contributed by atoms with Gasteiger partial charge in [0, 0.05) is 21.6 Å². The number of ether oxygens (including phenoxy) is 1. The van der Waals surface area contributed by atoms with Crippen LogP contribution >= 0.6 is 11.8 Å². The summed E-state index contributed by atoms with van der Waals surface area (Å²) in [6.45, 7) is 1.32. The number of hydrogen-bond acceptors (Lipinski definition) is 4. The van der Waals surface area contributed by atoms with E-state index in [-0.39, 0.29) is 5.25 Å². The van der Waals surface area contributed by atoms with E-state index in [0.717, 1.165) is 10.7 Å². The zero-order chi connectivity index (χ0) is 14.0. The van der Waals surface area contributed by atoms with Gasteiger partial charge in [-0.15, -0.1) is 11.8 Å². The molecule has 2 aromatic rings. The van der Waals surface area contributed by atoms with Crippen molar-refractivity contribution in [2.45, 2.75) is 16.8 Å². The summed E-state index contributed by atoms with van der Waals surface area (Å²) in [5.41, 5.74) is 8.45. The quantitative estimate of drug-likeness (QED) is 0.315. The molecule has 5 nitrogen and oxygen atoms in total.